The predicted octanol–water partition coefficient (Wildman–Crippen LogP) is 2.31. The molecule has 1 N–H and O–H groups in total. The van der Waals surface area contributed by atoms with Crippen molar-refractivity contribution in [3.05, 3.63) is 22.4 Å². The van der Waals surface area contributed by atoms with E-state index in [1.807, 2.05) is 11.3 Å². The Bertz CT molecular complexity index is 456. The second-order valence-electron chi connectivity index (χ2n) is 6.53. The summed E-state index contributed by atoms with van der Waals surface area (Å²) in [6.07, 6.45) is 6.03. The summed E-state index contributed by atoms with van der Waals surface area (Å²) in [5.74, 6) is 0.221. The van der Waals surface area contributed by atoms with Crippen LogP contribution in [-0.2, 0) is 11.3 Å². The van der Waals surface area contributed by atoms with Crippen LogP contribution >= 0.6 is 11.3 Å². The molecule has 1 amide bonds. The zero-order valence-corrected chi connectivity index (χ0v) is 14.1. The standard InChI is InChI=1S/C17H27N3OS/c21-17(18-15-5-1-2-6-15)14-20-9-4-8-19(10-11-20)13-16-7-3-12-22-16/h3,7,12,15H,1-2,4-6,8-11,13-14H2,(H,18,21). The van der Waals surface area contributed by atoms with Crippen molar-refractivity contribution < 1.29 is 4.79 Å². The Kier molecular flexibility index (Phi) is 5.87. The highest BCUT2D eigenvalue weighted by molar-refractivity contribution is 7.09. The van der Waals surface area contributed by atoms with E-state index >= 15 is 0 Å². The van der Waals surface area contributed by atoms with E-state index in [1.54, 1.807) is 0 Å². The van der Waals surface area contributed by atoms with E-state index in [0.29, 0.717) is 12.6 Å². The maximum absolute atomic E-state index is 12.2. The van der Waals surface area contributed by atoms with Crippen molar-refractivity contribution >= 4 is 17.2 Å². The normalized spacial score (nSPS) is 21.8. The highest BCUT2D eigenvalue weighted by atomic mass is 32.1. The van der Waals surface area contributed by atoms with Gasteiger partial charge in [-0.25, -0.2) is 0 Å². The molecule has 2 fully saturated rings. The van der Waals surface area contributed by atoms with Crippen LogP contribution in [0.3, 0.4) is 0 Å². The number of hydrogen-bond acceptors (Lipinski definition) is 4. The molecule has 4 nitrogen and oxygen atoms in total. The highest BCUT2D eigenvalue weighted by Gasteiger charge is 2.20. The van der Waals surface area contributed by atoms with Crippen LogP contribution in [0.15, 0.2) is 17.5 Å². The molecule has 22 heavy (non-hydrogen) atoms. The van der Waals surface area contributed by atoms with Crippen molar-refractivity contribution in [1.82, 2.24) is 15.1 Å². The molecular weight excluding hydrogens is 294 g/mol. The first-order valence-electron chi connectivity index (χ1n) is 8.56. The first kappa shape index (κ1) is 16.0. The molecular formula is C17H27N3OS. The third kappa shape index (κ3) is 4.80. The fourth-order valence-electron chi connectivity index (χ4n) is 3.51. The van der Waals surface area contributed by atoms with Gasteiger partial charge >= 0.3 is 0 Å². The van der Waals surface area contributed by atoms with Gasteiger partial charge in [0, 0.05) is 30.6 Å². The summed E-state index contributed by atoms with van der Waals surface area (Å²) >= 11 is 1.83. The van der Waals surface area contributed by atoms with Gasteiger partial charge in [-0.2, -0.15) is 0 Å². The molecule has 1 aliphatic heterocycles. The summed E-state index contributed by atoms with van der Waals surface area (Å²) in [5.41, 5.74) is 0. The largest absolute Gasteiger partial charge is 0.352 e. The SMILES string of the molecule is O=C(CN1CCCN(Cc2cccs2)CC1)NC1CCCC1. The molecule has 122 valence electrons. The van der Waals surface area contributed by atoms with Crippen LogP contribution in [0.2, 0.25) is 0 Å². The molecule has 5 heteroatoms. The van der Waals surface area contributed by atoms with Gasteiger partial charge < -0.3 is 5.32 Å². The molecule has 0 unspecified atom stereocenters. The lowest BCUT2D eigenvalue weighted by Gasteiger charge is -2.22. The third-order valence-corrected chi connectivity index (χ3v) is 5.59. The molecule has 0 atom stereocenters. The van der Waals surface area contributed by atoms with Gasteiger partial charge in [-0.1, -0.05) is 18.9 Å². The van der Waals surface area contributed by atoms with E-state index in [0.717, 1.165) is 39.1 Å². The van der Waals surface area contributed by atoms with E-state index in [4.69, 9.17) is 0 Å². The smallest absolute Gasteiger partial charge is 0.234 e. The number of thiophene rings is 1. The fourth-order valence-corrected chi connectivity index (χ4v) is 4.26. The van der Waals surface area contributed by atoms with Crippen LogP contribution in [0.1, 0.15) is 37.0 Å². The van der Waals surface area contributed by atoms with Crippen molar-refractivity contribution in [2.45, 2.75) is 44.7 Å². The van der Waals surface area contributed by atoms with Gasteiger partial charge in [-0.3, -0.25) is 14.6 Å². The molecule has 0 bridgehead atoms. The Labute approximate surface area is 137 Å². The number of hydrogen-bond donors (Lipinski definition) is 1. The lowest BCUT2D eigenvalue weighted by molar-refractivity contribution is -0.122. The van der Waals surface area contributed by atoms with Crippen molar-refractivity contribution in [1.29, 1.82) is 0 Å². The van der Waals surface area contributed by atoms with Crippen molar-refractivity contribution in [2.75, 3.05) is 32.7 Å². The molecule has 2 heterocycles. The van der Waals surface area contributed by atoms with Crippen molar-refractivity contribution in [3.8, 4) is 0 Å². The number of amides is 1. The van der Waals surface area contributed by atoms with Crippen molar-refractivity contribution in [3.63, 3.8) is 0 Å². The number of carbonyl (C=O) groups excluding carboxylic acids is 1. The van der Waals surface area contributed by atoms with E-state index in [-0.39, 0.29) is 5.91 Å². The highest BCUT2D eigenvalue weighted by Crippen LogP contribution is 2.17. The van der Waals surface area contributed by atoms with Gasteiger partial charge in [0.1, 0.15) is 0 Å². The van der Waals surface area contributed by atoms with E-state index in [1.165, 1.54) is 30.6 Å². The monoisotopic (exact) mass is 321 g/mol. The van der Waals surface area contributed by atoms with Gasteiger partial charge in [0.2, 0.25) is 5.91 Å². The molecule has 2 aliphatic rings. The maximum atomic E-state index is 12.2. The second kappa shape index (κ2) is 8.09. The minimum atomic E-state index is 0.221. The average molecular weight is 321 g/mol. The van der Waals surface area contributed by atoms with Crippen LogP contribution in [0, 0.1) is 0 Å². The Morgan fingerprint density at radius 2 is 1.91 bits per heavy atom. The van der Waals surface area contributed by atoms with Gasteiger partial charge in [0.25, 0.3) is 0 Å². The summed E-state index contributed by atoms with van der Waals surface area (Å²) in [6, 6.07) is 4.77. The lowest BCUT2D eigenvalue weighted by Crippen LogP contribution is -2.42. The third-order valence-electron chi connectivity index (χ3n) is 4.73. The average Bonchev–Trinajstić information content (AvgIpc) is 3.13. The van der Waals surface area contributed by atoms with Gasteiger partial charge in [-0.05, 0) is 43.8 Å². The Morgan fingerprint density at radius 1 is 1.14 bits per heavy atom. The summed E-state index contributed by atoms with van der Waals surface area (Å²) < 4.78 is 0. The molecule has 0 radical (unpaired) electrons. The van der Waals surface area contributed by atoms with Gasteiger partial charge in [0.05, 0.1) is 6.54 Å². The van der Waals surface area contributed by atoms with Crippen LogP contribution in [0.4, 0.5) is 0 Å². The number of carbonyl (C=O) groups is 1. The molecule has 1 aliphatic carbocycles. The number of nitrogens with zero attached hydrogens (tertiary/aromatic N) is 2. The predicted molar refractivity (Wildman–Crippen MR) is 91.1 cm³/mol. The minimum Gasteiger partial charge on any atom is -0.352 e. The lowest BCUT2D eigenvalue weighted by atomic mass is 10.2. The Morgan fingerprint density at radius 3 is 2.68 bits per heavy atom. The van der Waals surface area contributed by atoms with Crippen LogP contribution in [0.5, 0.6) is 0 Å². The second-order valence-corrected chi connectivity index (χ2v) is 7.57. The molecule has 1 saturated carbocycles. The molecule has 3 rings (SSSR count). The number of rotatable bonds is 5. The first-order valence-corrected chi connectivity index (χ1v) is 9.44. The number of nitrogens with one attached hydrogen (secondary N) is 1. The topological polar surface area (TPSA) is 35.6 Å². The van der Waals surface area contributed by atoms with Crippen LogP contribution in [-0.4, -0.2) is 54.5 Å². The van der Waals surface area contributed by atoms with Gasteiger partial charge in [-0.15, -0.1) is 11.3 Å². The van der Waals surface area contributed by atoms with Crippen LogP contribution < -0.4 is 5.32 Å². The zero-order chi connectivity index (χ0) is 15.2. The van der Waals surface area contributed by atoms with E-state index < -0.39 is 0 Å². The summed E-state index contributed by atoms with van der Waals surface area (Å²) in [7, 11) is 0. The first-order chi connectivity index (χ1) is 10.8. The van der Waals surface area contributed by atoms with E-state index in [9.17, 15) is 4.79 Å². The molecule has 1 saturated heterocycles. The summed E-state index contributed by atoms with van der Waals surface area (Å²) in [6.45, 7) is 5.87. The van der Waals surface area contributed by atoms with Gasteiger partial charge in [0.15, 0.2) is 0 Å². The summed E-state index contributed by atoms with van der Waals surface area (Å²) in [4.78, 5) is 18.4. The quantitative estimate of drug-likeness (QED) is 0.904. The van der Waals surface area contributed by atoms with E-state index in [2.05, 4.69) is 32.6 Å². The maximum Gasteiger partial charge on any atom is 0.234 e. The molecule has 1 aromatic heterocycles. The zero-order valence-electron chi connectivity index (χ0n) is 13.3. The minimum absolute atomic E-state index is 0.221. The Hall–Kier alpha value is -0.910. The molecule has 0 spiro atoms. The fraction of sp³-hybridized carbons (Fsp3) is 0.706. The van der Waals surface area contributed by atoms with Crippen molar-refractivity contribution in [2.24, 2.45) is 0 Å². The summed E-state index contributed by atoms with van der Waals surface area (Å²) in [5, 5.41) is 5.35. The van der Waals surface area contributed by atoms with Crippen LogP contribution in [0.25, 0.3) is 0 Å². The Balaban J connectivity index is 1.40. The molecule has 1 aromatic rings. The molecule has 0 aromatic carbocycles.